The average Bonchev–Trinajstić information content (AvgIpc) is 2.67. The molecule has 7 heteroatoms. The van der Waals surface area contributed by atoms with Gasteiger partial charge in [0.1, 0.15) is 11.5 Å². The normalized spacial score (nSPS) is 22.1. The molecule has 6 nitrogen and oxygen atoms in total. The van der Waals surface area contributed by atoms with E-state index in [0.29, 0.717) is 18.5 Å². The Morgan fingerprint density at radius 2 is 2.15 bits per heavy atom. The van der Waals surface area contributed by atoms with Crippen molar-refractivity contribution in [2.75, 3.05) is 11.4 Å². The summed E-state index contributed by atoms with van der Waals surface area (Å²) in [5.41, 5.74) is -0.767. The fraction of sp³-hybridized carbons (Fsp3) is 0.462. The highest BCUT2D eigenvalue weighted by atomic mass is 19.1. The molecule has 0 spiro atoms. The molecule has 1 aliphatic rings. The third-order valence-corrected chi connectivity index (χ3v) is 3.58. The van der Waals surface area contributed by atoms with Gasteiger partial charge in [0.2, 0.25) is 0 Å². The lowest BCUT2D eigenvalue weighted by Gasteiger charge is -2.24. The van der Waals surface area contributed by atoms with Crippen molar-refractivity contribution in [3.63, 3.8) is 0 Å². The molecule has 0 aliphatic carbocycles. The first-order valence-corrected chi connectivity index (χ1v) is 6.29. The van der Waals surface area contributed by atoms with Crippen LogP contribution in [0.15, 0.2) is 12.1 Å². The molecular weight excluding hydrogens is 267 g/mol. The summed E-state index contributed by atoms with van der Waals surface area (Å²) < 4.78 is 13.6. The SMILES string of the molecule is CC1CC(C)N(c2cc(C(=O)O)c(F)cc2[N+](=O)[O-])C1. The van der Waals surface area contributed by atoms with Gasteiger partial charge < -0.3 is 10.0 Å². The third-order valence-electron chi connectivity index (χ3n) is 3.58. The number of nitro groups is 1. The molecule has 2 unspecified atom stereocenters. The largest absolute Gasteiger partial charge is 0.478 e. The summed E-state index contributed by atoms with van der Waals surface area (Å²) >= 11 is 0. The van der Waals surface area contributed by atoms with E-state index in [-0.39, 0.29) is 11.7 Å². The lowest BCUT2D eigenvalue weighted by atomic mass is 10.1. The summed E-state index contributed by atoms with van der Waals surface area (Å²) in [6.45, 7) is 4.52. The molecule has 2 atom stereocenters. The van der Waals surface area contributed by atoms with E-state index in [9.17, 15) is 19.3 Å². The van der Waals surface area contributed by atoms with E-state index in [1.165, 1.54) is 0 Å². The van der Waals surface area contributed by atoms with Gasteiger partial charge >= 0.3 is 5.97 Å². The summed E-state index contributed by atoms with van der Waals surface area (Å²) in [6.07, 6.45) is 0.858. The number of nitrogens with zero attached hydrogens (tertiary/aromatic N) is 2. The van der Waals surface area contributed by atoms with E-state index in [1.54, 1.807) is 4.90 Å². The van der Waals surface area contributed by atoms with Crippen molar-refractivity contribution in [1.82, 2.24) is 0 Å². The van der Waals surface area contributed by atoms with E-state index in [1.807, 2.05) is 13.8 Å². The number of carboxylic acid groups (broad SMARTS) is 1. The molecule has 1 fully saturated rings. The molecule has 0 saturated carbocycles. The Kier molecular flexibility index (Phi) is 3.61. The predicted octanol–water partition coefficient (Wildman–Crippen LogP) is 2.67. The average molecular weight is 282 g/mol. The van der Waals surface area contributed by atoms with E-state index in [2.05, 4.69) is 0 Å². The summed E-state index contributed by atoms with van der Waals surface area (Å²) in [6, 6.07) is 1.80. The number of hydrogen-bond donors (Lipinski definition) is 1. The molecule has 0 amide bonds. The lowest BCUT2D eigenvalue weighted by molar-refractivity contribution is -0.384. The summed E-state index contributed by atoms with van der Waals surface area (Å²) in [7, 11) is 0. The van der Waals surface area contributed by atoms with Gasteiger partial charge in [-0.3, -0.25) is 10.1 Å². The zero-order valence-corrected chi connectivity index (χ0v) is 11.2. The van der Waals surface area contributed by atoms with Crippen LogP contribution < -0.4 is 4.90 Å². The van der Waals surface area contributed by atoms with Crippen molar-refractivity contribution in [3.8, 4) is 0 Å². The van der Waals surface area contributed by atoms with Crippen molar-refractivity contribution >= 4 is 17.3 Å². The number of carboxylic acids is 1. The van der Waals surface area contributed by atoms with Gasteiger partial charge in [0.25, 0.3) is 5.69 Å². The Labute approximate surface area is 115 Å². The van der Waals surface area contributed by atoms with Crippen LogP contribution in [0.4, 0.5) is 15.8 Å². The van der Waals surface area contributed by atoms with Crippen LogP contribution in [0.3, 0.4) is 0 Å². The van der Waals surface area contributed by atoms with Crippen molar-refractivity contribution in [2.45, 2.75) is 26.3 Å². The molecule has 0 radical (unpaired) electrons. The van der Waals surface area contributed by atoms with Gasteiger partial charge in [0.05, 0.1) is 16.6 Å². The molecule has 20 heavy (non-hydrogen) atoms. The maximum atomic E-state index is 13.6. The number of carbonyl (C=O) groups is 1. The standard InChI is InChI=1S/C13H15FN2O4/c1-7-3-8(2)15(6-7)11-4-9(13(17)18)10(14)5-12(11)16(19)20/h4-5,7-8H,3,6H2,1-2H3,(H,17,18). The first kappa shape index (κ1) is 14.2. The maximum absolute atomic E-state index is 13.6. The second-order valence-electron chi connectivity index (χ2n) is 5.23. The van der Waals surface area contributed by atoms with Gasteiger partial charge in [-0.1, -0.05) is 6.92 Å². The monoisotopic (exact) mass is 282 g/mol. The van der Waals surface area contributed by atoms with Gasteiger partial charge in [-0.15, -0.1) is 0 Å². The van der Waals surface area contributed by atoms with Crippen molar-refractivity contribution in [2.24, 2.45) is 5.92 Å². The Balaban J connectivity index is 2.57. The number of rotatable bonds is 3. The molecule has 1 heterocycles. The fourth-order valence-electron chi connectivity index (χ4n) is 2.73. The van der Waals surface area contributed by atoms with E-state index in [0.717, 1.165) is 12.5 Å². The highest BCUT2D eigenvalue weighted by Crippen LogP contribution is 2.36. The molecule has 1 saturated heterocycles. The minimum atomic E-state index is -1.43. The first-order chi connectivity index (χ1) is 9.31. The zero-order chi connectivity index (χ0) is 15.0. The van der Waals surface area contributed by atoms with E-state index < -0.39 is 28.0 Å². The molecule has 108 valence electrons. The van der Waals surface area contributed by atoms with Crippen LogP contribution >= 0.6 is 0 Å². The first-order valence-electron chi connectivity index (χ1n) is 6.29. The van der Waals surface area contributed by atoms with Crippen LogP contribution in [0.5, 0.6) is 0 Å². The third kappa shape index (κ3) is 2.43. The Morgan fingerprint density at radius 3 is 2.60 bits per heavy atom. The van der Waals surface area contributed by atoms with Crippen molar-refractivity contribution in [1.29, 1.82) is 0 Å². The summed E-state index contributed by atoms with van der Waals surface area (Å²) in [5.74, 6) is -2.17. The highest BCUT2D eigenvalue weighted by molar-refractivity contribution is 5.90. The maximum Gasteiger partial charge on any atom is 0.338 e. The molecule has 1 N–H and O–H groups in total. The number of anilines is 1. The molecular formula is C13H15FN2O4. The summed E-state index contributed by atoms with van der Waals surface area (Å²) in [5, 5.41) is 20.0. The Morgan fingerprint density at radius 1 is 1.50 bits per heavy atom. The predicted molar refractivity (Wildman–Crippen MR) is 70.6 cm³/mol. The van der Waals surface area contributed by atoms with Crippen LogP contribution in [0.1, 0.15) is 30.6 Å². The second kappa shape index (κ2) is 5.07. The highest BCUT2D eigenvalue weighted by Gasteiger charge is 2.32. The number of nitro benzene ring substituents is 1. The van der Waals surface area contributed by atoms with Gasteiger partial charge in [0, 0.05) is 12.6 Å². The molecule has 0 bridgehead atoms. The van der Waals surface area contributed by atoms with E-state index >= 15 is 0 Å². The lowest BCUT2D eigenvalue weighted by Crippen LogP contribution is -2.27. The van der Waals surface area contributed by atoms with Crippen LogP contribution in [-0.2, 0) is 0 Å². The van der Waals surface area contributed by atoms with Crippen LogP contribution in [-0.4, -0.2) is 28.6 Å². The quantitative estimate of drug-likeness (QED) is 0.680. The minimum Gasteiger partial charge on any atom is -0.478 e. The topological polar surface area (TPSA) is 83.7 Å². The molecule has 1 aromatic carbocycles. The van der Waals surface area contributed by atoms with Crippen molar-refractivity contribution in [3.05, 3.63) is 33.6 Å². The summed E-state index contributed by atoms with van der Waals surface area (Å²) in [4.78, 5) is 23.1. The smallest absolute Gasteiger partial charge is 0.338 e. The number of hydrogen-bond acceptors (Lipinski definition) is 4. The van der Waals surface area contributed by atoms with E-state index in [4.69, 9.17) is 5.11 Å². The van der Waals surface area contributed by atoms with Crippen molar-refractivity contribution < 1.29 is 19.2 Å². The molecule has 1 aliphatic heterocycles. The molecule has 1 aromatic rings. The van der Waals surface area contributed by atoms with Crippen LogP contribution in [0, 0.1) is 21.8 Å². The van der Waals surface area contributed by atoms with Gasteiger partial charge in [-0.2, -0.15) is 0 Å². The zero-order valence-electron chi connectivity index (χ0n) is 11.2. The Hall–Kier alpha value is -2.18. The van der Waals surface area contributed by atoms with Crippen LogP contribution in [0.25, 0.3) is 0 Å². The van der Waals surface area contributed by atoms with Crippen LogP contribution in [0.2, 0.25) is 0 Å². The minimum absolute atomic E-state index is 0.0517. The van der Waals surface area contributed by atoms with Gasteiger partial charge in [0.15, 0.2) is 0 Å². The van der Waals surface area contributed by atoms with Gasteiger partial charge in [-0.05, 0) is 25.3 Å². The second-order valence-corrected chi connectivity index (χ2v) is 5.23. The number of aromatic carboxylic acids is 1. The number of benzene rings is 1. The Bertz CT molecular complexity index is 576. The fourth-order valence-corrected chi connectivity index (χ4v) is 2.73. The van der Waals surface area contributed by atoms with Gasteiger partial charge in [-0.25, -0.2) is 9.18 Å². The number of halogens is 1. The molecule has 0 aromatic heterocycles. The molecule has 2 rings (SSSR count).